The molecule has 12 heteroatoms. The molecule has 0 saturated carbocycles. The van der Waals surface area contributed by atoms with Crippen LogP contribution in [0.3, 0.4) is 0 Å². The van der Waals surface area contributed by atoms with E-state index in [1.165, 1.54) is 11.8 Å². The van der Waals surface area contributed by atoms with Gasteiger partial charge in [-0.1, -0.05) is 0 Å². The summed E-state index contributed by atoms with van der Waals surface area (Å²) in [6.07, 6.45) is -6.06. The van der Waals surface area contributed by atoms with Gasteiger partial charge in [0.05, 0.1) is 11.3 Å². The summed E-state index contributed by atoms with van der Waals surface area (Å²) in [6.45, 7) is 3.01. The van der Waals surface area contributed by atoms with Crippen LogP contribution in [0, 0.1) is 0 Å². The van der Waals surface area contributed by atoms with Crippen molar-refractivity contribution < 1.29 is 31.2 Å². The molecule has 2 heterocycles. The Morgan fingerprint density at radius 3 is 2.21 bits per heavy atom. The van der Waals surface area contributed by atoms with Crippen molar-refractivity contribution in [2.75, 3.05) is 36.4 Å². The van der Waals surface area contributed by atoms with E-state index in [4.69, 9.17) is 0 Å². The molecule has 2 aliphatic rings. The second-order valence-corrected chi connectivity index (χ2v) is 9.51. The number of halogens is 3. The third kappa shape index (κ3) is 4.67. The first-order valence-corrected chi connectivity index (χ1v) is 11.6. The zero-order valence-corrected chi connectivity index (χ0v) is 18.3. The maximum Gasteiger partial charge on any atom is 0.416 e. The summed E-state index contributed by atoms with van der Waals surface area (Å²) in [5, 5.41) is 2.59. The summed E-state index contributed by atoms with van der Waals surface area (Å²) in [4.78, 5) is 27.5. The number of Topliss-reactive ketones (excluding diaryl/α,β-unsaturated/α-hetero) is 1. The van der Waals surface area contributed by atoms with Crippen molar-refractivity contribution in [2.45, 2.75) is 24.2 Å². The van der Waals surface area contributed by atoms with E-state index in [0.717, 1.165) is 11.8 Å². The number of nitrogens with zero attached hydrogens (tertiary/aromatic N) is 2. The maximum absolute atomic E-state index is 13.0. The lowest BCUT2D eigenvalue weighted by atomic mass is 10.1. The van der Waals surface area contributed by atoms with Gasteiger partial charge in [0.25, 0.3) is 5.91 Å². The van der Waals surface area contributed by atoms with Crippen LogP contribution < -0.4 is 14.9 Å². The van der Waals surface area contributed by atoms with Crippen LogP contribution in [0.25, 0.3) is 0 Å². The number of hydrogen-bond donors (Lipinski definition) is 2. The monoisotopic (exact) mass is 482 g/mol. The number of ketones is 1. The number of alkyl halides is 3. The number of benzene rings is 2. The number of carbonyl (C=O) groups is 2. The van der Waals surface area contributed by atoms with Crippen molar-refractivity contribution in [1.82, 2.24) is 9.62 Å². The Morgan fingerprint density at radius 1 is 1.00 bits per heavy atom. The molecule has 0 aromatic heterocycles. The number of fused-ring (bicyclic) bond motifs is 1. The molecule has 2 N–H and O–H groups in total. The lowest BCUT2D eigenvalue weighted by Gasteiger charge is -2.38. The van der Waals surface area contributed by atoms with E-state index in [-0.39, 0.29) is 16.4 Å². The number of piperazine rings is 1. The predicted octanol–water partition coefficient (Wildman–Crippen LogP) is 2.29. The summed E-state index contributed by atoms with van der Waals surface area (Å²) in [7, 11) is -4.17. The van der Waals surface area contributed by atoms with Crippen molar-refractivity contribution in [3.8, 4) is 0 Å². The molecule has 0 spiro atoms. The number of hydrogen-bond acceptors (Lipinski definition) is 6. The molecule has 2 aromatic rings. The van der Waals surface area contributed by atoms with Gasteiger partial charge in [-0.15, -0.1) is 0 Å². The highest BCUT2D eigenvalue weighted by Gasteiger charge is 2.38. The molecule has 2 aromatic carbocycles. The first-order chi connectivity index (χ1) is 15.5. The molecule has 1 fully saturated rings. The highest BCUT2D eigenvalue weighted by Crippen LogP contribution is 2.35. The third-order valence-corrected chi connectivity index (χ3v) is 7.13. The van der Waals surface area contributed by atoms with Gasteiger partial charge >= 0.3 is 6.18 Å². The van der Waals surface area contributed by atoms with Crippen molar-refractivity contribution in [3.63, 3.8) is 0 Å². The van der Waals surface area contributed by atoms with Crippen LogP contribution in [-0.4, -0.2) is 57.4 Å². The highest BCUT2D eigenvalue weighted by molar-refractivity contribution is 7.89. The lowest BCUT2D eigenvalue weighted by Crippen LogP contribution is -2.58. The molecule has 1 amide bonds. The Morgan fingerprint density at radius 2 is 1.64 bits per heavy atom. The summed E-state index contributed by atoms with van der Waals surface area (Å²) >= 11 is 0. The molecule has 176 valence electrons. The number of nitrogens with one attached hydrogen (secondary N) is 2. The number of amides is 1. The fourth-order valence-corrected chi connectivity index (χ4v) is 5.10. The average molecular weight is 482 g/mol. The van der Waals surface area contributed by atoms with Gasteiger partial charge in [-0.25, -0.2) is 8.42 Å². The Balaban J connectivity index is 1.45. The molecule has 1 atom stereocenters. The summed E-state index contributed by atoms with van der Waals surface area (Å²) in [6, 6.07) is 9.33. The van der Waals surface area contributed by atoms with Crippen molar-refractivity contribution in [2.24, 2.45) is 0 Å². The molecule has 0 bridgehead atoms. The largest absolute Gasteiger partial charge is 0.416 e. The Hall–Kier alpha value is -3.12. The summed E-state index contributed by atoms with van der Waals surface area (Å²) in [5.74, 6) is -0.614. The van der Waals surface area contributed by atoms with E-state index in [2.05, 4.69) is 10.0 Å². The fourth-order valence-electron chi connectivity index (χ4n) is 3.84. The first-order valence-electron chi connectivity index (χ1n) is 10.1. The second-order valence-electron chi connectivity index (χ2n) is 7.82. The van der Waals surface area contributed by atoms with Gasteiger partial charge < -0.3 is 15.1 Å². The summed E-state index contributed by atoms with van der Waals surface area (Å²) < 4.78 is 66.4. The van der Waals surface area contributed by atoms with E-state index in [9.17, 15) is 31.2 Å². The van der Waals surface area contributed by atoms with Gasteiger partial charge in [0.1, 0.15) is 4.90 Å². The van der Waals surface area contributed by atoms with Crippen molar-refractivity contribution >= 4 is 33.1 Å². The normalized spacial score (nSPS) is 20.1. The van der Waals surface area contributed by atoms with Crippen LogP contribution in [0.4, 0.5) is 24.5 Å². The molecule has 0 radical (unpaired) electrons. The second kappa shape index (κ2) is 8.34. The van der Waals surface area contributed by atoms with Gasteiger partial charge in [-0.05, 0) is 49.4 Å². The third-order valence-electron chi connectivity index (χ3n) is 5.65. The molecule has 4 rings (SSSR count). The van der Waals surface area contributed by atoms with Crippen molar-refractivity contribution in [3.05, 3.63) is 53.6 Å². The molecule has 1 saturated heterocycles. The van der Waals surface area contributed by atoms with Crippen molar-refractivity contribution in [1.29, 1.82) is 0 Å². The molecule has 2 aliphatic heterocycles. The first kappa shape index (κ1) is 23.1. The molecular formula is C21H21F3N4O4S. The van der Waals surface area contributed by atoms with Crippen LogP contribution in [0.1, 0.15) is 22.8 Å². The zero-order valence-electron chi connectivity index (χ0n) is 17.5. The summed E-state index contributed by atoms with van der Waals surface area (Å²) in [5.41, 5.74) is 0.196. The number of anilines is 2. The highest BCUT2D eigenvalue weighted by atomic mass is 32.2. The fraction of sp³-hybridized carbons (Fsp3) is 0.333. The smallest absolute Gasteiger partial charge is 0.368 e. The van der Waals surface area contributed by atoms with Gasteiger partial charge in [0.15, 0.2) is 11.9 Å². The van der Waals surface area contributed by atoms with Crippen LogP contribution >= 0.6 is 0 Å². The van der Waals surface area contributed by atoms with Gasteiger partial charge in [-0.2, -0.15) is 17.9 Å². The van der Waals surface area contributed by atoms with Crippen LogP contribution in [0.5, 0.6) is 0 Å². The SMILES string of the molecule is CC(=O)c1ccc(N2CCN(C(=O)[C@@H]3Nc4cc(C(F)(F)F)ccc4S(=O)(=O)N3)CC2)cc1. The lowest BCUT2D eigenvalue weighted by molar-refractivity contribution is -0.137. The van der Waals surface area contributed by atoms with E-state index in [0.29, 0.717) is 43.9 Å². The molecule has 0 aliphatic carbocycles. The number of sulfonamides is 1. The van der Waals surface area contributed by atoms with Crippen LogP contribution in [0.15, 0.2) is 47.4 Å². The van der Waals surface area contributed by atoms with Gasteiger partial charge in [0, 0.05) is 37.4 Å². The molecule has 0 unspecified atom stereocenters. The standard InChI is InChI=1S/C21H21F3N4O4S/c1-13(29)14-2-5-16(6-3-14)27-8-10-28(11-9-27)20(30)19-25-17-12-15(21(22,23)24)4-7-18(17)33(31,32)26-19/h2-7,12,19,25-26H,8-11H2,1H3/t19-/m1/s1. The Bertz CT molecular complexity index is 1190. The van der Waals surface area contributed by atoms with Crippen LogP contribution in [0.2, 0.25) is 0 Å². The average Bonchev–Trinajstić information content (AvgIpc) is 2.77. The predicted molar refractivity (Wildman–Crippen MR) is 114 cm³/mol. The molecular weight excluding hydrogens is 461 g/mol. The minimum atomic E-state index is -4.65. The minimum absolute atomic E-state index is 0.0386. The van der Waals surface area contributed by atoms with E-state index in [1.807, 2.05) is 17.0 Å². The zero-order chi connectivity index (χ0) is 24.0. The Labute approximate surface area is 188 Å². The van der Waals surface area contributed by atoms with Crippen LogP contribution in [-0.2, 0) is 21.0 Å². The van der Waals surface area contributed by atoms with Gasteiger partial charge in [-0.3, -0.25) is 9.59 Å². The quantitative estimate of drug-likeness (QED) is 0.652. The van der Waals surface area contributed by atoms with E-state index in [1.54, 1.807) is 12.1 Å². The van der Waals surface area contributed by atoms with E-state index < -0.39 is 33.8 Å². The topological polar surface area (TPSA) is 98.8 Å². The Kier molecular flexibility index (Phi) is 5.83. The number of rotatable bonds is 3. The minimum Gasteiger partial charge on any atom is -0.368 e. The van der Waals surface area contributed by atoms with E-state index >= 15 is 0 Å². The molecule has 8 nitrogen and oxygen atoms in total. The maximum atomic E-state index is 13.0. The van der Waals surface area contributed by atoms with Gasteiger partial charge in [0.2, 0.25) is 10.0 Å². The molecule has 33 heavy (non-hydrogen) atoms. The number of carbonyl (C=O) groups excluding carboxylic acids is 2.